The van der Waals surface area contributed by atoms with Crippen molar-refractivity contribution in [1.82, 2.24) is 9.97 Å². The minimum absolute atomic E-state index is 0.420. The summed E-state index contributed by atoms with van der Waals surface area (Å²) in [5, 5.41) is 2.22. The number of hydrazine groups is 1. The molecular formula is C14H11BrN4O. The van der Waals surface area contributed by atoms with E-state index in [-0.39, 0.29) is 0 Å². The average molecular weight is 331 g/mol. The summed E-state index contributed by atoms with van der Waals surface area (Å²) in [5.41, 5.74) is 2.45. The summed E-state index contributed by atoms with van der Waals surface area (Å²) < 4.78 is 6.65. The van der Waals surface area contributed by atoms with Gasteiger partial charge in [-0.05, 0) is 32.8 Å². The lowest BCUT2D eigenvalue weighted by atomic mass is 10.1. The summed E-state index contributed by atoms with van der Waals surface area (Å²) in [5.74, 6) is 6.91. The first-order valence-corrected chi connectivity index (χ1v) is 6.71. The zero-order chi connectivity index (χ0) is 13.9. The third kappa shape index (κ3) is 2.43. The fourth-order valence-electron chi connectivity index (χ4n) is 1.88. The van der Waals surface area contributed by atoms with Crippen molar-refractivity contribution in [2.75, 3.05) is 5.43 Å². The molecule has 0 spiro atoms. The SMILES string of the molecule is NNc1cc(Oc2ccc3ccccc3c2Br)ncn1. The number of nitrogens with two attached hydrogens (primary N) is 1. The van der Waals surface area contributed by atoms with Crippen molar-refractivity contribution in [3.05, 3.63) is 53.3 Å². The molecule has 3 aromatic rings. The van der Waals surface area contributed by atoms with Crippen LogP contribution in [0.1, 0.15) is 0 Å². The van der Waals surface area contributed by atoms with Crippen LogP contribution in [-0.4, -0.2) is 9.97 Å². The quantitative estimate of drug-likeness (QED) is 0.568. The third-order valence-electron chi connectivity index (χ3n) is 2.83. The molecule has 0 atom stereocenters. The smallest absolute Gasteiger partial charge is 0.224 e. The van der Waals surface area contributed by atoms with Crippen LogP contribution < -0.4 is 16.0 Å². The van der Waals surface area contributed by atoms with E-state index in [1.54, 1.807) is 6.07 Å². The van der Waals surface area contributed by atoms with Crippen molar-refractivity contribution in [1.29, 1.82) is 0 Å². The number of nitrogens with one attached hydrogen (secondary N) is 1. The number of rotatable bonds is 3. The van der Waals surface area contributed by atoms with Crippen LogP contribution in [0.2, 0.25) is 0 Å². The second-order valence-electron chi connectivity index (χ2n) is 4.09. The summed E-state index contributed by atoms with van der Waals surface area (Å²) in [6, 6.07) is 13.6. The van der Waals surface area contributed by atoms with Crippen LogP contribution in [0.25, 0.3) is 10.8 Å². The summed E-state index contributed by atoms with van der Waals surface area (Å²) in [7, 11) is 0. The molecule has 0 radical (unpaired) electrons. The lowest BCUT2D eigenvalue weighted by molar-refractivity contribution is 0.460. The van der Waals surface area contributed by atoms with Crippen LogP contribution in [0.5, 0.6) is 11.6 Å². The molecule has 3 N–H and O–H groups in total. The van der Waals surface area contributed by atoms with Gasteiger partial charge in [-0.2, -0.15) is 0 Å². The zero-order valence-corrected chi connectivity index (χ0v) is 12.0. The average Bonchev–Trinajstić information content (AvgIpc) is 2.50. The number of hydrogen-bond acceptors (Lipinski definition) is 5. The molecule has 0 amide bonds. The highest BCUT2D eigenvalue weighted by atomic mass is 79.9. The molecule has 0 unspecified atom stereocenters. The molecule has 6 heteroatoms. The van der Waals surface area contributed by atoms with Crippen LogP contribution in [0.4, 0.5) is 5.82 Å². The molecule has 0 aliphatic carbocycles. The van der Waals surface area contributed by atoms with Crippen molar-refractivity contribution < 1.29 is 4.74 Å². The summed E-state index contributed by atoms with van der Waals surface area (Å²) in [6.07, 6.45) is 1.39. The standard InChI is InChI=1S/C14H11BrN4O/c15-14-10-4-2-1-3-9(10)5-6-11(14)20-13-7-12(19-16)17-8-18-13/h1-8H,16H2,(H,17,18,19). The van der Waals surface area contributed by atoms with E-state index in [0.717, 1.165) is 15.2 Å². The van der Waals surface area contributed by atoms with Gasteiger partial charge in [0.1, 0.15) is 17.9 Å². The molecule has 0 fully saturated rings. The highest BCUT2D eigenvalue weighted by Crippen LogP contribution is 2.35. The molecule has 0 bridgehead atoms. The van der Waals surface area contributed by atoms with Crippen molar-refractivity contribution in [2.45, 2.75) is 0 Å². The molecule has 20 heavy (non-hydrogen) atoms. The van der Waals surface area contributed by atoms with E-state index in [0.29, 0.717) is 17.4 Å². The maximum absolute atomic E-state index is 5.77. The minimum Gasteiger partial charge on any atom is -0.438 e. The maximum Gasteiger partial charge on any atom is 0.224 e. The fourth-order valence-corrected chi connectivity index (χ4v) is 2.45. The van der Waals surface area contributed by atoms with E-state index in [1.165, 1.54) is 6.33 Å². The summed E-state index contributed by atoms with van der Waals surface area (Å²) >= 11 is 3.57. The Morgan fingerprint density at radius 2 is 1.95 bits per heavy atom. The molecule has 3 rings (SSSR count). The van der Waals surface area contributed by atoms with E-state index >= 15 is 0 Å². The van der Waals surface area contributed by atoms with E-state index < -0.39 is 0 Å². The van der Waals surface area contributed by atoms with Crippen molar-refractivity contribution in [2.24, 2.45) is 5.84 Å². The Bertz CT molecular complexity index is 763. The topological polar surface area (TPSA) is 73.1 Å². The Hall–Kier alpha value is -2.18. The summed E-state index contributed by atoms with van der Waals surface area (Å²) in [4.78, 5) is 7.99. The fraction of sp³-hybridized carbons (Fsp3) is 0. The lowest BCUT2D eigenvalue weighted by Crippen LogP contribution is -2.08. The number of nitrogens with zero attached hydrogens (tertiary/aromatic N) is 2. The molecule has 2 aromatic carbocycles. The van der Waals surface area contributed by atoms with Gasteiger partial charge in [0.25, 0.3) is 0 Å². The number of hydrogen-bond donors (Lipinski definition) is 2. The van der Waals surface area contributed by atoms with Gasteiger partial charge in [-0.25, -0.2) is 15.8 Å². The monoisotopic (exact) mass is 330 g/mol. The second kappa shape index (κ2) is 5.44. The molecule has 0 aliphatic rings. The van der Waals surface area contributed by atoms with Gasteiger partial charge in [-0.15, -0.1) is 0 Å². The molecule has 1 aromatic heterocycles. The van der Waals surface area contributed by atoms with Crippen LogP contribution in [0, 0.1) is 0 Å². The number of benzene rings is 2. The highest BCUT2D eigenvalue weighted by Gasteiger charge is 2.08. The Balaban J connectivity index is 2.00. The first kappa shape index (κ1) is 12.8. The number of aromatic nitrogens is 2. The number of ether oxygens (including phenoxy) is 1. The van der Waals surface area contributed by atoms with E-state index in [2.05, 4.69) is 31.3 Å². The van der Waals surface area contributed by atoms with Crippen molar-refractivity contribution in [3.63, 3.8) is 0 Å². The number of halogens is 1. The lowest BCUT2D eigenvalue weighted by Gasteiger charge is -2.09. The van der Waals surface area contributed by atoms with Gasteiger partial charge >= 0.3 is 0 Å². The van der Waals surface area contributed by atoms with Gasteiger partial charge in [-0.3, -0.25) is 0 Å². The molecule has 0 saturated carbocycles. The first-order valence-electron chi connectivity index (χ1n) is 5.91. The molecule has 100 valence electrons. The zero-order valence-electron chi connectivity index (χ0n) is 10.4. The normalized spacial score (nSPS) is 10.5. The van der Waals surface area contributed by atoms with Crippen molar-refractivity contribution >= 4 is 32.5 Å². The largest absolute Gasteiger partial charge is 0.438 e. The second-order valence-corrected chi connectivity index (χ2v) is 4.88. The first-order chi connectivity index (χ1) is 9.78. The van der Waals surface area contributed by atoms with Crippen LogP contribution in [-0.2, 0) is 0 Å². The van der Waals surface area contributed by atoms with Crippen LogP contribution in [0.15, 0.2) is 53.3 Å². The van der Waals surface area contributed by atoms with Crippen molar-refractivity contribution in [3.8, 4) is 11.6 Å². The highest BCUT2D eigenvalue weighted by molar-refractivity contribution is 9.10. The van der Waals surface area contributed by atoms with E-state index in [4.69, 9.17) is 10.6 Å². The van der Waals surface area contributed by atoms with Gasteiger partial charge in [-0.1, -0.05) is 30.3 Å². The Labute approximate surface area is 123 Å². The Morgan fingerprint density at radius 1 is 1.10 bits per heavy atom. The molecule has 0 saturated heterocycles. The van der Waals surface area contributed by atoms with Gasteiger partial charge in [0, 0.05) is 6.07 Å². The van der Waals surface area contributed by atoms with Gasteiger partial charge < -0.3 is 10.2 Å². The number of fused-ring (bicyclic) bond motifs is 1. The Morgan fingerprint density at radius 3 is 2.80 bits per heavy atom. The molecule has 0 aliphatic heterocycles. The molecular weight excluding hydrogens is 320 g/mol. The van der Waals surface area contributed by atoms with Crippen LogP contribution >= 0.6 is 15.9 Å². The third-order valence-corrected chi connectivity index (χ3v) is 3.65. The summed E-state index contributed by atoms with van der Waals surface area (Å²) in [6.45, 7) is 0. The number of nitrogen functional groups attached to an aromatic ring is 1. The van der Waals surface area contributed by atoms with Crippen LogP contribution in [0.3, 0.4) is 0 Å². The van der Waals surface area contributed by atoms with E-state index in [1.807, 2.05) is 36.4 Å². The predicted molar refractivity (Wildman–Crippen MR) is 81.6 cm³/mol. The Kier molecular flexibility index (Phi) is 3.49. The van der Waals surface area contributed by atoms with Gasteiger partial charge in [0.05, 0.1) is 4.47 Å². The van der Waals surface area contributed by atoms with Gasteiger partial charge in [0.2, 0.25) is 5.88 Å². The molecule has 5 nitrogen and oxygen atoms in total. The number of anilines is 1. The predicted octanol–water partition coefficient (Wildman–Crippen LogP) is 3.47. The molecule has 1 heterocycles. The minimum atomic E-state index is 0.420. The van der Waals surface area contributed by atoms with Gasteiger partial charge in [0.15, 0.2) is 0 Å². The maximum atomic E-state index is 5.77. The van der Waals surface area contributed by atoms with E-state index in [9.17, 15) is 0 Å².